The van der Waals surface area contributed by atoms with E-state index in [4.69, 9.17) is 4.74 Å². The van der Waals surface area contributed by atoms with E-state index in [2.05, 4.69) is 12.2 Å². The highest BCUT2D eigenvalue weighted by atomic mass is 16.5. The third-order valence-corrected chi connectivity index (χ3v) is 3.37. The second kappa shape index (κ2) is 8.67. The fourth-order valence-electron chi connectivity index (χ4n) is 2.06. The maximum absolute atomic E-state index is 12.0. The van der Waals surface area contributed by atoms with Gasteiger partial charge >= 0.3 is 0 Å². The summed E-state index contributed by atoms with van der Waals surface area (Å²) in [6.45, 7) is 8.17. The van der Waals surface area contributed by atoms with Gasteiger partial charge < -0.3 is 15.2 Å². The molecule has 21 heavy (non-hydrogen) atoms. The molecule has 2 N–H and O–H groups in total. The number of nitrogens with one attached hydrogen (secondary N) is 1. The van der Waals surface area contributed by atoms with Crippen LogP contribution in [0.5, 0.6) is 5.75 Å². The van der Waals surface area contributed by atoms with Crippen molar-refractivity contribution in [2.75, 3.05) is 6.54 Å². The van der Waals surface area contributed by atoms with Gasteiger partial charge in [-0.3, -0.25) is 4.79 Å². The SMILES string of the molecule is CCCCCNC(=O)C(C)Oc1cc(C)ccc1[C@@H](C)O. The summed E-state index contributed by atoms with van der Waals surface area (Å²) in [5.41, 5.74) is 1.73. The van der Waals surface area contributed by atoms with Crippen molar-refractivity contribution in [3.05, 3.63) is 29.3 Å². The Morgan fingerprint density at radius 2 is 2.05 bits per heavy atom. The van der Waals surface area contributed by atoms with Crippen LogP contribution < -0.4 is 10.1 Å². The predicted molar refractivity (Wildman–Crippen MR) is 84.4 cm³/mol. The van der Waals surface area contributed by atoms with Crippen LogP contribution in [0.2, 0.25) is 0 Å². The van der Waals surface area contributed by atoms with Gasteiger partial charge in [0.05, 0.1) is 6.10 Å². The summed E-state index contributed by atoms with van der Waals surface area (Å²) in [5, 5.41) is 12.6. The summed E-state index contributed by atoms with van der Waals surface area (Å²) < 4.78 is 5.73. The molecule has 0 aromatic heterocycles. The highest BCUT2D eigenvalue weighted by Crippen LogP contribution is 2.27. The van der Waals surface area contributed by atoms with Crippen LogP contribution in [0.3, 0.4) is 0 Å². The Hall–Kier alpha value is -1.55. The van der Waals surface area contributed by atoms with Gasteiger partial charge in [0.2, 0.25) is 0 Å². The Balaban J connectivity index is 2.63. The number of rotatable bonds is 8. The predicted octanol–water partition coefficient (Wildman–Crippen LogP) is 3.12. The van der Waals surface area contributed by atoms with Crippen molar-refractivity contribution in [3.63, 3.8) is 0 Å². The molecule has 0 radical (unpaired) electrons. The molecule has 2 atom stereocenters. The molecule has 0 heterocycles. The molecule has 0 fully saturated rings. The van der Waals surface area contributed by atoms with Gasteiger partial charge in [0.15, 0.2) is 6.10 Å². The first-order valence-corrected chi connectivity index (χ1v) is 7.68. The highest BCUT2D eigenvalue weighted by molar-refractivity contribution is 5.80. The number of ether oxygens (including phenoxy) is 1. The molecule has 1 rings (SSSR count). The van der Waals surface area contributed by atoms with E-state index in [-0.39, 0.29) is 5.91 Å². The second-order valence-corrected chi connectivity index (χ2v) is 5.48. The number of aliphatic hydroxyl groups is 1. The number of carbonyl (C=O) groups excluding carboxylic acids is 1. The molecule has 0 bridgehead atoms. The lowest BCUT2D eigenvalue weighted by Crippen LogP contribution is -2.37. The smallest absolute Gasteiger partial charge is 0.260 e. The number of aliphatic hydroxyl groups excluding tert-OH is 1. The van der Waals surface area contributed by atoms with E-state index in [1.807, 2.05) is 25.1 Å². The van der Waals surface area contributed by atoms with E-state index in [1.54, 1.807) is 13.8 Å². The van der Waals surface area contributed by atoms with Crippen molar-refractivity contribution >= 4 is 5.91 Å². The Bertz CT molecular complexity index is 457. The van der Waals surface area contributed by atoms with Gasteiger partial charge in [0, 0.05) is 12.1 Å². The van der Waals surface area contributed by atoms with Crippen molar-refractivity contribution in [1.29, 1.82) is 0 Å². The quantitative estimate of drug-likeness (QED) is 0.724. The fraction of sp³-hybridized carbons (Fsp3) is 0.588. The zero-order valence-corrected chi connectivity index (χ0v) is 13.5. The molecule has 0 saturated heterocycles. The van der Waals surface area contributed by atoms with Crippen molar-refractivity contribution in [2.24, 2.45) is 0 Å². The van der Waals surface area contributed by atoms with Gasteiger partial charge in [-0.2, -0.15) is 0 Å². The topological polar surface area (TPSA) is 58.6 Å². The first-order chi connectivity index (χ1) is 9.95. The minimum Gasteiger partial charge on any atom is -0.481 e. The number of unbranched alkanes of at least 4 members (excludes halogenated alkanes) is 2. The third kappa shape index (κ3) is 5.76. The van der Waals surface area contributed by atoms with Gasteiger partial charge in [-0.15, -0.1) is 0 Å². The Morgan fingerprint density at radius 1 is 1.33 bits per heavy atom. The number of hydrogen-bond donors (Lipinski definition) is 2. The van der Waals surface area contributed by atoms with Crippen molar-refractivity contribution in [3.8, 4) is 5.75 Å². The molecule has 1 aromatic rings. The van der Waals surface area contributed by atoms with Crippen LogP contribution in [0.15, 0.2) is 18.2 Å². The van der Waals surface area contributed by atoms with Crippen LogP contribution in [0.1, 0.15) is 57.3 Å². The molecule has 0 spiro atoms. The van der Waals surface area contributed by atoms with Gasteiger partial charge in [-0.1, -0.05) is 31.9 Å². The van der Waals surface area contributed by atoms with Crippen LogP contribution in [0.4, 0.5) is 0 Å². The van der Waals surface area contributed by atoms with Crippen LogP contribution in [-0.4, -0.2) is 23.7 Å². The Labute approximate surface area is 127 Å². The molecule has 0 saturated carbocycles. The summed E-state index contributed by atoms with van der Waals surface area (Å²) >= 11 is 0. The van der Waals surface area contributed by atoms with Gasteiger partial charge in [-0.25, -0.2) is 0 Å². The maximum Gasteiger partial charge on any atom is 0.260 e. The van der Waals surface area contributed by atoms with Crippen LogP contribution >= 0.6 is 0 Å². The van der Waals surface area contributed by atoms with E-state index in [9.17, 15) is 9.90 Å². The lowest BCUT2D eigenvalue weighted by Gasteiger charge is -2.19. The summed E-state index contributed by atoms with van der Waals surface area (Å²) in [5.74, 6) is 0.449. The number of hydrogen-bond acceptors (Lipinski definition) is 3. The average molecular weight is 293 g/mol. The zero-order chi connectivity index (χ0) is 15.8. The Morgan fingerprint density at radius 3 is 2.67 bits per heavy atom. The molecule has 0 aliphatic carbocycles. The monoisotopic (exact) mass is 293 g/mol. The molecule has 4 heteroatoms. The van der Waals surface area contributed by atoms with E-state index < -0.39 is 12.2 Å². The first-order valence-electron chi connectivity index (χ1n) is 7.68. The Kier molecular flexibility index (Phi) is 7.23. The molecule has 1 aromatic carbocycles. The number of benzene rings is 1. The molecule has 1 amide bonds. The minimum absolute atomic E-state index is 0.121. The third-order valence-electron chi connectivity index (χ3n) is 3.37. The van der Waals surface area contributed by atoms with Gasteiger partial charge in [0.25, 0.3) is 5.91 Å². The zero-order valence-electron chi connectivity index (χ0n) is 13.5. The van der Waals surface area contributed by atoms with E-state index in [1.165, 1.54) is 0 Å². The molecule has 118 valence electrons. The largest absolute Gasteiger partial charge is 0.481 e. The van der Waals surface area contributed by atoms with Crippen LogP contribution in [0, 0.1) is 6.92 Å². The lowest BCUT2D eigenvalue weighted by molar-refractivity contribution is -0.127. The molecule has 4 nitrogen and oxygen atoms in total. The number of carbonyl (C=O) groups is 1. The second-order valence-electron chi connectivity index (χ2n) is 5.48. The fourth-order valence-corrected chi connectivity index (χ4v) is 2.06. The van der Waals surface area contributed by atoms with Crippen molar-refractivity contribution in [1.82, 2.24) is 5.32 Å². The first kappa shape index (κ1) is 17.5. The molecule has 0 aliphatic rings. The number of amides is 1. The van der Waals surface area contributed by atoms with Gasteiger partial charge in [-0.05, 0) is 38.8 Å². The summed E-state index contributed by atoms with van der Waals surface area (Å²) in [4.78, 5) is 12.0. The maximum atomic E-state index is 12.0. The lowest BCUT2D eigenvalue weighted by atomic mass is 10.1. The van der Waals surface area contributed by atoms with Crippen LogP contribution in [0.25, 0.3) is 0 Å². The standard InChI is InChI=1S/C17H27NO3/c1-5-6-7-10-18-17(20)14(4)21-16-11-12(2)8-9-15(16)13(3)19/h8-9,11,13-14,19H,5-7,10H2,1-4H3,(H,18,20)/t13-,14?/m1/s1. The summed E-state index contributed by atoms with van der Waals surface area (Å²) in [6.07, 6.45) is 2.02. The van der Waals surface area contributed by atoms with Crippen molar-refractivity contribution < 1.29 is 14.6 Å². The average Bonchev–Trinajstić information content (AvgIpc) is 2.43. The van der Waals surface area contributed by atoms with Crippen LogP contribution in [-0.2, 0) is 4.79 Å². The van der Waals surface area contributed by atoms with E-state index >= 15 is 0 Å². The highest BCUT2D eigenvalue weighted by Gasteiger charge is 2.17. The molecule has 0 aliphatic heterocycles. The number of aryl methyl sites for hydroxylation is 1. The van der Waals surface area contributed by atoms with Gasteiger partial charge in [0.1, 0.15) is 5.75 Å². The van der Waals surface area contributed by atoms with E-state index in [0.717, 1.165) is 24.8 Å². The van der Waals surface area contributed by atoms with E-state index in [0.29, 0.717) is 17.9 Å². The molecule has 1 unspecified atom stereocenters. The molecular formula is C17H27NO3. The summed E-state index contributed by atoms with van der Waals surface area (Å²) in [7, 11) is 0. The van der Waals surface area contributed by atoms with Crippen molar-refractivity contribution in [2.45, 2.75) is 59.2 Å². The molecular weight excluding hydrogens is 266 g/mol. The normalized spacial score (nSPS) is 13.6. The summed E-state index contributed by atoms with van der Waals surface area (Å²) in [6, 6.07) is 5.61. The minimum atomic E-state index is -0.625.